The van der Waals surface area contributed by atoms with Crippen molar-refractivity contribution in [3.05, 3.63) is 16.4 Å². The highest BCUT2D eigenvalue weighted by molar-refractivity contribution is 9.10. The van der Waals surface area contributed by atoms with Crippen molar-refractivity contribution in [1.82, 2.24) is 9.78 Å². The van der Waals surface area contributed by atoms with Crippen LogP contribution in [0.2, 0.25) is 0 Å². The van der Waals surface area contributed by atoms with E-state index in [2.05, 4.69) is 34.9 Å². The summed E-state index contributed by atoms with van der Waals surface area (Å²) in [4.78, 5) is 10.6. The Hall–Kier alpha value is -0.640. The quantitative estimate of drug-likeness (QED) is 0.746. The maximum Gasteiger partial charge on any atom is 0.169 e. The van der Waals surface area contributed by atoms with Crippen molar-refractivity contribution in [3.8, 4) is 0 Å². The number of rotatable bonds is 3. The summed E-state index contributed by atoms with van der Waals surface area (Å²) in [5.41, 5.74) is 0.615. The van der Waals surface area contributed by atoms with Crippen molar-refractivity contribution in [2.24, 2.45) is 5.92 Å². The van der Waals surface area contributed by atoms with Crippen LogP contribution in [-0.2, 0) is 6.54 Å². The Morgan fingerprint density at radius 1 is 1.75 bits per heavy atom. The summed E-state index contributed by atoms with van der Waals surface area (Å²) in [7, 11) is 0. The molecule has 0 saturated carbocycles. The molecule has 0 aromatic carbocycles. The molecule has 0 N–H and O–H groups in total. The number of carbonyl (C=O) groups is 1. The lowest BCUT2D eigenvalue weighted by Crippen LogP contribution is -2.09. The van der Waals surface area contributed by atoms with E-state index in [9.17, 15) is 4.79 Å². The number of aromatic nitrogens is 2. The molecule has 0 amide bonds. The fourth-order valence-corrected chi connectivity index (χ4v) is 1.37. The van der Waals surface area contributed by atoms with Gasteiger partial charge in [-0.05, 0) is 21.8 Å². The third-order valence-electron chi connectivity index (χ3n) is 1.48. The van der Waals surface area contributed by atoms with Crippen LogP contribution in [0.3, 0.4) is 0 Å². The van der Waals surface area contributed by atoms with Crippen molar-refractivity contribution >= 4 is 22.2 Å². The zero-order valence-corrected chi connectivity index (χ0v) is 8.71. The highest BCUT2D eigenvalue weighted by Crippen LogP contribution is 2.14. The van der Waals surface area contributed by atoms with Crippen molar-refractivity contribution in [3.63, 3.8) is 0 Å². The van der Waals surface area contributed by atoms with Crippen molar-refractivity contribution in [2.75, 3.05) is 0 Å². The molecule has 1 rings (SSSR count). The van der Waals surface area contributed by atoms with Crippen LogP contribution in [0, 0.1) is 5.92 Å². The summed E-state index contributed by atoms with van der Waals surface area (Å²) in [6, 6.07) is 0. The Bertz CT molecular complexity index is 281. The first-order valence-electron chi connectivity index (χ1n) is 3.81. The number of halogens is 1. The molecule has 0 spiro atoms. The lowest BCUT2D eigenvalue weighted by Gasteiger charge is -2.05. The minimum atomic E-state index is 0.496. The van der Waals surface area contributed by atoms with Crippen LogP contribution in [0.4, 0.5) is 0 Å². The third-order valence-corrected chi connectivity index (χ3v) is 2.09. The van der Waals surface area contributed by atoms with Crippen LogP contribution in [0.15, 0.2) is 10.7 Å². The molecule has 0 aliphatic carbocycles. The Morgan fingerprint density at radius 2 is 2.42 bits per heavy atom. The van der Waals surface area contributed by atoms with Crippen LogP contribution >= 0.6 is 15.9 Å². The predicted octanol–water partition coefficient (Wildman–Crippen LogP) is 2.11. The van der Waals surface area contributed by atoms with Gasteiger partial charge in [0, 0.05) is 6.54 Å². The van der Waals surface area contributed by atoms with Gasteiger partial charge in [0.2, 0.25) is 0 Å². The van der Waals surface area contributed by atoms with Gasteiger partial charge < -0.3 is 0 Å². The van der Waals surface area contributed by atoms with Crippen LogP contribution in [0.25, 0.3) is 0 Å². The van der Waals surface area contributed by atoms with Gasteiger partial charge in [0.05, 0.1) is 10.7 Å². The summed E-state index contributed by atoms with van der Waals surface area (Å²) in [6.07, 6.45) is 2.46. The SMILES string of the molecule is CC(C)Cn1ncc(Br)c1C=O. The molecular formula is C8H11BrN2O. The molecule has 0 saturated heterocycles. The predicted molar refractivity (Wildman–Crippen MR) is 50.2 cm³/mol. The normalized spacial score (nSPS) is 10.7. The molecule has 0 aliphatic heterocycles. The minimum absolute atomic E-state index is 0.496. The number of hydrogen-bond acceptors (Lipinski definition) is 2. The molecule has 0 atom stereocenters. The van der Waals surface area contributed by atoms with Crippen LogP contribution in [0.1, 0.15) is 24.3 Å². The number of hydrogen-bond donors (Lipinski definition) is 0. The second-order valence-corrected chi connectivity index (χ2v) is 3.93. The van der Waals surface area contributed by atoms with E-state index >= 15 is 0 Å². The third kappa shape index (κ3) is 1.94. The van der Waals surface area contributed by atoms with Crippen LogP contribution in [-0.4, -0.2) is 16.1 Å². The van der Waals surface area contributed by atoms with Crippen LogP contribution < -0.4 is 0 Å². The van der Waals surface area contributed by atoms with E-state index in [0.717, 1.165) is 17.3 Å². The molecule has 3 nitrogen and oxygen atoms in total. The molecule has 1 aromatic rings. The number of aldehydes is 1. The largest absolute Gasteiger partial charge is 0.296 e. The van der Waals surface area contributed by atoms with Crippen molar-refractivity contribution in [1.29, 1.82) is 0 Å². The molecule has 0 bridgehead atoms. The van der Waals surface area contributed by atoms with Gasteiger partial charge in [-0.15, -0.1) is 0 Å². The van der Waals surface area contributed by atoms with Crippen molar-refractivity contribution < 1.29 is 4.79 Å². The smallest absolute Gasteiger partial charge is 0.169 e. The Labute approximate surface area is 79.9 Å². The topological polar surface area (TPSA) is 34.9 Å². The molecular weight excluding hydrogens is 220 g/mol. The molecule has 66 valence electrons. The van der Waals surface area contributed by atoms with Gasteiger partial charge in [-0.25, -0.2) is 0 Å². The number of nitrogens with zero attached hydrogens (tertiary/aromatic N) is 2. The summed E-state index contributed by atoms with van der Waals surface area (Å²) < 4.78 is 2.47. The molecule has 0 fully saturated rings. The first-order chi connectivity index (χ1) is 5.65. The maximum absolute atomic E-state index is 10.6. The van der Waals surface area contributed by atoms with E-state index in [0.29, 0.717) is 11.6 Å². The van der Waals surface area contributed by atoms with Gasteiger partial charge in [-0.3, -0.25) is 9.48 Å². The average molecular weight is 231 g/mol. The highest BCUT2D eigenvalue weighted by atomic mass is 79.9. The monoisotopic (exact) mass is 230 g/mol. The second-order valence-electron chi connectivity index (χ2n) is 3.07. The van der Waals surface area contributed by atoms with E-state index in [1.165, 1.54) is 0 Å². The van der Waals surface area contributed by atoms with E-state index in [-0.39, 0.29) is 0 Å². The Balaban J connectivity index is 2.91. The molecule has 1 heterocycles. The van der Waals surface area contributed by atoms with Gasteiger partial charge in [0.25, 0.3) is 0 Å². The lowest BCUT2D eigenvalue weighted by atomic mass is 10.2. The zero-order valence-electron chi connectivity index (χ0n) is 7.12. The molecule has 12 heavy (non-hydrogen) atoms. The van der Waals surface area contributed by atoms with Gasteiger partial charge in [-0.2, -0.15) is 5.10 Å². The fraction of sp³-hybridized carbons (Fsp3) is 0.500. The van der Waals surface area contributed by atoms with Crippen LogP contribution in [0.5, 0.6) is 0 Å². The van der Waals surface area contributed by atoms with Gasteiger partial charge in [0.15, 0.2) is 6.29 Å². The molecule has 0 radical (unpaired) electrons. The van der Waals surface area contributed by atoms with E-state index in [1.54, 1.807) is 10.9 Å². The van der Waals surface area contributed by atoms with E-state index < -0.39 is 0 Å². The molecule has 0 aliphatic rings. The lowest BCUT2D eigenvalue weighted by molar-refractivity contribution is 0.111. The van der Waals surface area contributed by atoms with E-state index in [1.807, 2.05) is 0 Å². The zero-order chi connectivity index (χ0) is 9.14. The summed E-state index contributed by atoms with van der Waals surface area (Å²) in [5.74, 6) is 0.496. The first kappa shape index (κ1) is 9.45. The van der Waals surface area contributed by atoms with Gasteiger partial charge >= 0.3 is 0 Å². The molecule has 4 heteroatoms. The average Bonchev–Trinajstić information content (AvgIpc) is 2.30. The maximum atomic E-state index is 10.6. The molecule has 0 unspecified atom stereocenters. The molecule has 1 aromatic heterocycles. The number of carbonyl (C=O) groups excluding carboxylic acids is 1. The van der Waals surface area contributed by atoms with Gasteiger partial charge in [0.1, 0.15) is 5.69 Å². The van der Waals surface area contributed by atoms with Gasteiger partial charge in [-0.1, -0.05) is 13.8 Å². The summed E-state index contributed by atoms with van der Waals surface area (Å²) in [5, 5.41) is 4.07. The summed E-state index contributed by atoms with van der Waals surface area (Å²) in [6.45, 7) is 4.95. The highest BCUT2D eigenvalue weighted by Gasteiger charge is 2.07. The standard InChI is InChI=1S/C8H11BrN2O/c1-6(2)4-11-8(5-12)7(9)3-10-11/h3,5-6H,4H2,1-2H3. The second kappa shape index (κ2) is 3.85. The Kier molecular flexibility index (Phi) is 3.03. The fourth-order valence-electron chi connectivity index (χ4n) is 0.981. The van der Waals surface area contributed by atoms with E-state index in [4.69, 9.17) is 0 Å². The minimum Gasteiger partial charge on any atom is -0.296 e. The summed E-state index contributed by atoms with van der Waals surface area (Å²) >= 11 is 3.25. The Morgan fingerprint density at radius 3 is 2.92 bits per heavy atom. The first-order valence-corrected chi connectivity index (χ1v) is 4.61. The van der Waals surface area contributed by atoms with Crippen molar-refractivity contribution in [2.45, 2.75) is 20.4 Å².